The van der Waals surface area contributed by atoms with E-state index in [0.717, 1.165) is 11.5 Å². The minimum atomic E-state index is -0.125. The van der Waals surface area contributed by atoms with Crippen LogP contribution in [0.25, 0.3) is 0 Å². The lowest BCUT2D eigenvalue weighted by atomic mass is 10.5. The van der Waals surface area contributed by atoms with Crippen molar-refractivity contribution in [3.63, 3.8) is 0 Å². The molecular formula is C6H12O2S3. The van der Waals surface area contributed by atoms with Crippen LogP contribution >= 0.6 is 31.4 Å². The molecule has 0 N–H and O–H groups in total. The van der Waals surface area contributed by atoms with Gasteiger partial charge in [0, 0.05) is 11.5 Å². The first-order valence-electron chi connectivity index (χ1n) is 3.29. The highest BCUT2D eigenvalue weighted by Gasteiger charge is 1.98. The number of hydrogen-bond acceptors (Lipinski definition) is 5. The maximum Gasteiger partial charge on any atom is 0.306 e. The monoisotopic (exact) mass is 212 g/mol. The molecule has 0 heterocycles. The topological polar surface area (TPSA) is 26.3 Å². The van der Waals surface area contributed by atoms with Crippen LogP contribution in [0.2, 0.25) is 0 Å². The molecule has 0 aromatic heterocycles. The maximum atomic E-state index is 10.6. The highest BCUT2D eigenvalue weighted by Crippen LogP contribution is 2.34. The van der Waals surface area contributed by atoms with Crippen molar-refractivity contribution in [3.8, 4) is 0 Å². The van der Waals surface area contributed by atoms with Crippen molar-refractivity contribution >= 4 is 37.4 Å². The lowest BCUT2D eigenvalue weighted by molar-refractivity contribution is -0.140. The smallest absolute Gasteiger partial charge is 0.306 e. The predicted molar refractivity (Wildman–Crippen MR) is 54.8 cm³/mol. The predicted octanol–water partition coefficient (Wildman–Crippen LogP) is 2.60. The Morgan fingerprint density at radius 2 is 2.18 bits per heavy atom. The van der Waals surface area contributed by atoms with Crippen LogP contribution in [0.3, 0.4) is 0 Å². The van der Waals surface area contributed by atoms with Crippen LogP contribution in [0.4, 0.5) is 0 Å². The SMILES string of the molecule is CCSSSCCC(=O)OC. The van der Waals surface area contributed by atoms with Crippen LogP contribution in [-0.2, 0) is 9.53 Å². The highest BCUT2D eigenvalue weighted by molar-refractivity contribution is 9.09. The maximum absolute atomic E-state index is 10.6. The molecule has 0 aliphatic rings. The zero-order chi connectivity index (χ0) is 8.53. The lowest BCUT2D eigenvalue weighted by Crippen LogP contribution is -2.00. The normalized spacial score (nSPS) is 9.64. The van der Waals surface area contributed by atoms with Gasteiger partial charge in [0.1, 0.15) is 0 Å². The number of hydrogen-bond donors (Lipinski definition) is 0. The van der Waals surface area contributed by atoms with E-state index < -0.39 is 0 Å². The van der Waals surface area contributed by atoms with Gasteiger partial charge >= 0.3 is 5.97 Å². The minimum absolute atomic E-state index is 0.125. The summed E-state index contributed by atoms with van der Waals surface area (Å²) in [6.07, 6.45) is 0.512. The summed E-state index contributed by atoms with van der Waals surface area (Å²) in [6, 6.07) is 0. The molecular weight excluding hydrogens is 200 g/mol. The van der Waals surface area contributed by atoms with E-state index in [1.807, 2.05) is 0 Å². The number of esters is 1. The summed E-state index contributed by atoms with van der Waals surface area (Å²) >= 11 is 0. The van der Waals surface area contributed by atoms with Crippen molar-refractivity contribution in [1.82, 2.24) is 0 Å². The number of ether oxygens (including phenoxy) is 1. The average Bonchev–Trinajstić information content (AvgIpc) is 2.04. The molecule has 5 heteroatoms. The standard InChI is InChI=1S/C6H12O2S3/c1-3-9-11-10-5-4-6(7)8-2/h3-5H2,1-2H3. The zero-order valence-electron chi connectivity index (χ0n) is 6.66. The Balaban J connectivity index is 2.95. The molecule has 11 heavy (non-hydrogen) atoms. The van der Waals surface area contributed by atoms with Gasteiger partial charge in [-0.2, -0.15) is 0 Å². The van der Waals surface area contributed by atoms with Gasteiger partial charge in [0.05, 0.1) is 13.5 Å². The molecule has 0 aliphatic carbocycles. The number of rotatable bonds is 6. The van der Waals surface area contributed by atoms with E-state index >= 15 is 0 Å². The van der Waals surface area contributed by atoms with Crippen LogP contribution in [0.1, 0.15) is 13.3 Å². The van der Waals surface area contributed by atoms with Gasteiger partial charge in [-0.3, -0.25) is 4.79 Å². The van der Waals surface area contributed by atoms with E-state index in [1.54, 1.807) is 31.4 Å². The van der Waals surface area contributed by atoms with Crippen LogP contribution < -0.4 is 0 Å². The molecule has 0 aromatic rings. The van der Waals surface area contributed by atoms with Crippen molar-refractivity contribution in [2.45, 2.75) is 13.3 Å². The Hall–Kier alpha value is 0.520. The third kappa shape index (κ3) is 8.43. The zero-order valence-corrected chi connectivity index (χ0v) is 9.11. The Bertz CT molecular complexity index is 108. The molecule has 0 saturated heterocycles. The summed E-state index contributed by atoms with van der Waals surface area (Å²) in [5.41, 5.74) is 0. The summed E-state index contributed by atoms with van der Waals surface area (Å²) in [7, 11) is 6.64. The molecule has 0 amide bonds. The van der Waals surface area contributed by atoms with Crippen LogP contribution in [0.5, 0.6) is 0 Å². The van der Waals surface area contributed by atoms with Gasteiger partial charge in [-0.1, -0.05) is 28.5 Å². The van der Waals surface area contributed by atoms with Crippen molar-refractivity contribution in [3.05, 3.63) is 0 Å². The van der Waals surface area contributed by atoms with Crippen molar-refractivity contribution < 1.29 is 9.53 Å². The number of carbonyl (C=O) groups excluding carboxylic acids is 1. The average molecular weight is 212 g/mol. The summed E-state index contributed by atoms with van der Waals surface area (Å²) in [5, 5.41) is 0. The first-order chi connectivity index (χ1) is 5.31. The molecule has 0 radical (unpaired) electrons. The Morgan fingerprint density at radius 1 is 1.45 bits per heavy atom. The fourth-order valence-electron chi connectivity index (χ4n) is 0.343. The van der Waals surface area contributed by atoms with Crippen molar-refractivity contribution in [2.75, 3.05) is 18.6 Å². The van der Waals surface area contributed by atoms with Crippen molar-refractivity contribution in [1.29, 1.82) is 0 Å². The van der Waals surface area contributed by atoms with Gasteiger partial charge < -0.3 is 4.74 Å². The molecule has 0 spiro atoms. The first kappa shape index (κ1) is 11.5. The number of carbonyl (C=O) groups is 1. The molecule has 0 aromatic carbocycles. The summed E-state index contributed by atoms with van der Waals surface area (Å²) in [4.78, 5) is 10.6. The van der Waals surface area contributed by atoms with Crippen LogP contribution in [0, 0.1) is 0 Å². The molecule has 0 bridgehead atoms. The van der Waals surface area contributed by atoms with Crippen LogP contribution in [-0.4, -0.2) is 24.6 Å². The van der Waals surface area contributed by atoms with E-state index in [2.05, 4.69) is 11.7 Å². The first-order valence-corrected chi connectivity index (χ1v) is 7.11. The fraction of sp³-hybridized carbons (Fsp3) is 0.833. The largest absolute Gasteiger partial charge is 0.469 e. The molecule has 66 valence electrons. The second-order valence-electron chi connectivity index (χ2n) is 1.62. The second-order valence-corrected chi connectivity index (χ2v) is 6.26. The van der Waals surface area contributed by atoms with Gasteiger partial charge in [0.2, 0.25) is 0 Å². The number of methoxy groups -OCH3 is 1. The minimum Gasteiger partial charge on any atom is -0.469 e. The Kier molecular flexibility index (Phi) is 9.02. The lowest BCUT2D eigenvalue weighted by Gasteiger charge is -1.97. The molecule has 2 nitrogen and oxygen atoms in total. The van der Waals surface area contributed by atoms with Gasteiger partial charge in [-0.05, 0) is 9.83 Å². The van der Waals surface area contributed by atoms with E-state index in [-0.39, 0.29) is 5.97 Å². The van der Waals surface area contributed by atoms with Gasteiger partial charge in [-0.15, -0.1) is 0 Å². The molecule has 0 saturated carbocycles. The third-order valence-corrected chi connectivity index (χ3v) is 5.15. The molecule has 0 atom stereocenters. The third-order valence-electron chi connectivity index (χ3n) is 0.831. The van der Waals surface area contributed by atoms with Gasteiger partial charge in [-0.25, -0.2) is 0 Å². The van der Waals surface area contributed by atoms with E-state index in [0.29, 0.717) is 6.42 Å². The molecule has 0 fully saturated rings. The van der Waals surface area contributed by atoms with Gasteiger partial charge in [0.15, 0.2) is 0 Å². The van der Waals surface area contributed by atoms with E-state index in [4.69, 9.17) is 0 Å². The molecule has 0 unspecified atom stereocenters. The van der Waals surface area contributed by atoms with Gasteiger partial charge in [0.25, 0.3) is 0 Å². The van der Waals surface area contributed by atoms with Crippen molar-refractivity contribution in [2.24, 2.45) is 0 Å². The summed E-state index contributed by atoms with van der Waals surface area (Å²) in [5.74, 6) is 1.82. The molecule has 0 rings (SSSR count). The quantitative estimate of drug-likeness (QED) is 0.383. The highest BCUT2D eigenvalue weighted by atomic mass is 33.5. The summed E-state index contributed by atoms with van der Waals surface area (Å²) < 4.78 is 4.49. The van der Waals surface area contributed by atoms with E-state index in [9.17, 15) is 4.79 Å². The Morgan fingerprint density at radius 3 is 2.73 bits per heavy atom. The Labute approximate surface area is 79.0 Å². The second kappa shape index (κ2) is 8.62. The fourth-order valence-corrected chi connectivity index (χ4v) is 3.86. The van der Waals surface area contributed by atoms with Crippen LogP contribution in [0.15, 0.2) is 0 Å². The molecule has 0 aliphatic heterocycles. The van der Waals surface area contributed by atoms with E-state index in [1.165, 1.54) is 7.11 Å². The summed E-state index contributed by atoms with van der Waals surface area (Å²) in [6.45, 7) is 2.11.